The van der Waals surface area contributed by atoms with E-state index in [1.54, 1.807) is 29.2 Å². The SMILES string of the molecule is NC(=O)C1CCCN(C(=O)[C@H](N)Cc2ccc(O)cc2)C1. The lowest BCUT2D eigenvalue weighted by Crippen LogP contribution is -2.50. The standard InChI is InChI=1S/C15H21N3O3/c16-13(8-10-3-5-12(19)6-4-10)15(21)18-7-1-2-11(9-18)14(17)20/h3-6,11,13,19H,1-2,7-9,16H2,(H2,17,20)/t11?,13-/m1/s1. The van der Waals surface area contributed by atoms with Gasteiger partial charge in [-0.05, 0) is 37.0 Å². The zero-order chi connectivity index (χ0) is 15.4. The Bertz CT molecular complexity index is 515. The van der Waals surface area contributed by atoms with Crippen LogP contribution in [0.2, 0.25) is 0 Å². The molecule has 2 amide bonds. The molecule has 1 aliphatic heterocycles. The van der Waals surface area contributed by atoms with Gasteiger partial charge in [0.15, 0.2) is 0 Å². The second kappa shape index (κ2) is 6.58. The highest BCUT2D eigenvalue weighted by atomic mass is 16.3. The number of primary amides is 1. The van der Waals surface area contributed by atoms with Crippen LogP contribution >= 0.6 is 0 Å². The van der Waals surface area contributed by atoms with Crippen LogP contribution in [0, 0.1) is 5.92 Å². The molecule has 1 aromatic rings. The first-order chi connectivity index (χ1) is 9.97. The minimum absolute atomic E-state index is 0.158. The van der Waals surface area contributed by atoms with Crippen molar-refractivity contribution in [3.8, 4) is 5.75 Å². The summed E-state index contributed by atoms with van der Waals surface area (Å²) in [6.07, 6.45) is 1.90. The number of amides is 2. The van der Waals surface area contributed by atoms with Crippen molar-refractivity contribution in [3.63, 3.8) is 0 Å². The number of phenols is 1. The van der Waals surface area contributed by atoms with E-state index in [4.69, 9.17) is 11.5 Å². The van der Waals surface area contributed by atoms with Crippen molar-refractivity contribution in [1.29, 1.82) is 0 Å². The molecule has 21 heavy (non-hydrogen) atoms. The summed E-state index contributed by atoms with van der Waals surface area (Å²) < 4.78 is 0. The lowest BCUT2D eigenvalue weighted by molar-refractivity contribution is -0.136. The summed E-state index contributed by atoms with van der Waals surface area (Å²) in [6.45, 7) is 0.976. The molecule has 2 rings (SSSR count). The number of benzene rings is 1. The summed E-state index contributed by atoms with van der Waals surface area (Å²) in [5, 5.41) is 9.23. The van der Waals surface area contributed by atoms with Crippen molar-refractivity contribution in [2.45, 2.75) is 25.3 Å². The molecule has 0 radical (unpaired) electrons. The van der Waals surface area contributed by atoms with Crippen LogP contribution in [-0.4, -0.2) is 41.0 Å². The molecule has 2 atom stereocenters. The molecule has 0 aliphatic carbocycles. The Hall–Kier alpha value is -2.08. The molecule has 0 saturated carbocycles. The van der Waals surface area contributed by atoms with Gasteiger partial charge in [-0.2, -0.15) is 0 Å². The smallest absolute Gasteiger partial charge is 0.239 e. The Balaban J connectivity index is 1.95. The van der Waals surface area contributed by atoms with Crippen molar-refractivity contribution in [1.82, 2.24) is 4.90 Å². The van der Waals surface area contributed by atoms with Crippen LogP contribution in [0.1, 0.15) is 18.4 Å². The van der Waals surface area contributed by atoms with Crippen LogP contribution in [0.3, 0.4) is 0 Å². The first kappa shape index (κ1) is 15.3. The average Bonchev–Trinajstić information content (AvgIpc) is 2.49. The van der Waals surface area contributed by atoms with Crippen LogP contribution < -0.4 is 11.5 Å². The number of rotatable bonds is 4. The van der Waals surface area contributed by atoms with Crippen LogP contribution in [0.25, 0.3) is 0 Å². The highest BCUT2D eigenvalue weighted by molar-refractivity contribution is 5.83. The Kier molecular flexibility index (Phi) is 4.80. The van der Waals surface area contributed by atoms with E-state index < -0.39 is 6.04 Å². The minimum atomic E-state index is -0.652. The number of phenolic OH excluding ortho intramolecular Hbond substituents is 1. The number of hydrogen-bond donors (Lipinski definition) is 3. The van der Waals surface area contributed by atoms with Gasteiger partial charge >= 0.3 is 0 Å². The number of nitrogens with zero attached hydrogens (tertiary/aromatic N) is 1. The number of aromatic hydroxyl groups is 1. The van der Waals surface area contributed by atoms with Crippen molar-refractivity contribution in [2.24, 2.45) is 17.4 Å². The van der Waals surface area contributed by atoms with Gasteiger partial charge in [0, 0.05) is 13.1 Å². The van der Waals surface area contributed by atoms with Crippen molar-refractivity contribution < 1.29 is 14.7 Å². The fourth-order valence-corrected chi connectivity index (χ4v) is 2.62. The maximum atomic E-state index is 12.3. The summed E-state index contributed by atoms with van der Waals surface area (Å²) >= 11 is 0. The Morgan fingerprint density at radius 2 is 2.00 bits per heavy atom. The maximum Gasteiger partial charge on any atom is 0.239 e. The summed E-state index contributed by atoms with van der Waals surface area (Å²) in [5.41, 5.74) is 12.2. The molecule has 6 heteroatoms. The molecule has 0 bridgehead atoms. The topological polar surface area (TPSA) is 110 Å². The van der Waals surface area contributed by atoms with E-state index in [2.05, 4.69) is 0 Å². The quantitative estimate of drug-likeness (QED) is 0.724. The molecule has 114 valence electrons. The van der Waals surface area contributed by atoms with Gasteiger partial charge in [0.1, 0.15) is 5.75 Å². The van der Waals surface area contributed by atoms with Crippen LogP contribution in [-0.2, 0) is 16.0 Å². The van der Waals surface area contributed by atoms with E-state index in [1.165, 1.54) is 0 Å². The van der Waals surface area contributed by atoms with Gasteiger partial charge in [0.2, 0.25) is 11.8 Å². The lowest BCUT2D eigenvalue weighted by Gasteiger charge is -2.33. The maximum absolute atomic E-state index is 12.3. The number of hydrogen-bond acceptors (Lipinski definition) is 4. The largest absolute Gasteiger partial charge is 0.508 e. The first-order valence-corrected chi connectivity index (χ1v) is 7.09. The van der Waals surface area contributed by atoms with Gasteiger partial charge < -0.3 is 21.5 Å². The zero-order valence-electron chi connectivity index (χ0n) is 11.9. The molecule has 6 nitrogen and oxygen atoms in total. The monoisotopic (exact) mass is 291 g/mol. The molecule has 1 fully saturated rings. The third-order valence-corrected chi connectivity index (χ3v) is 3.84. The van der Waals surface area contributed by atoms with Gasteiger partial charge in [-0.3, -0.25) is 9.59 Å². The third kappa shape index (κ3) is 3.95. The predicted octanol–water partition coefficient (Wildman–Crippen LogP) is -0.0141. The van der Waals surface area contributed by atoms with Crippen LogP contribution in [0.4, 0.5) is 0 Å². The van der Waals surface area contributed by atoms with Gasteiger partial charge in [0.25, 0.3) is 0 Å². The minimum Gasteiger partial charge on any atom is -0.508 e. The predicted molar refractivity (Wildman–Crippen MR) is 78.3 cm³/mol. The van der Waals surface area contributed by atoms with Crippen molar-refractivity contribution in [3.05, 3.63) is 29.8 Å². The highest BCUT2D eigenvalue weighted by Gasteiger charge is 2.29. The fraction of sp³-hybridized carbons (Fsp3) is 0.467. The van der Waals surface area contributed by atoms with Gasteiger partial charge in [-0.15, -0.1) is 0 Å². The van der Waals surface area contributed by atoms with Gasteiger partial charge in [-0.1, -0.05) is 12.1 Å². The number of nitrogens with two attached hydrogens (primary N) is 2. The van der Waals surface area contributed by atoms with E-state index in [0.717, 1.165) is 18.4 Å². The summed E-state index contributed by atoms with van der Waals surface area (Å²) in [6, 6.07) is 5.96. The number of carbonyl (C=O) groups excluding carboxylic acids is 2. The second-order valence-electron chi connectivity index (χ2n) is 5.50. The van der Waals surface area contributed by atoms with E-state index in [0.29, 0.717) is 19.5 Å². The average molecular weight is 291 g/mol. The fourth-order valence-electron chi connectivity index (χ4n) is 2.62. The second-order valence-corrected chi connectivity index (χ2v) is 5.50. The highest BCUT2D eigenvalue weighted by Crippen LogP contribution is 2.17. The number of likely N-dealkylation sites (tertiary alicyclic amines) is 1. The van der Waals surface area contributed by atoms with E-state index in [1.807, 2.05) is 0 Å². The van der Waals surface area contributed by atoms with Gasteiger partial charge in [0.05, 0.1) is 12.0 Å². The number of piperidine rings is 1. The zero-order valence-corrected chi connectivity index (χ0v) is 11.9. The molecular weight excluding hydrogens is 270 g/mol. The summed E-state index contributed by atoms with van der Waals surface area (Å²) in [4.78, 5) is 25.2. The van der Waals surface area contributed by atoms with Crippen LogP contribution in [0.15, 0.2) is 24.3 Å². The molecular formula is C15H21N3O3. The Morgan fingerprint density at radius 3 is 2.62 bits per heavy atom. The molecule has 5 N–H and O–H groups in total. The van der Waals surface area contributed by atoms with E-state index in [-0.39, 0.29) is 23.5 Å². The molecule has 1 saturated heterocycles. The molecule has 1 unspecified atom stereocenters. The molecule has 0 spiro atoms. The third-order valence-electron chi connectivity index (χ3n) is 3.84. The Labute approximate surface area is 123 Å². The van der Waals surface area contributed by atoms with Crippen molar-refractivity contribution in [2.75, 3.05) is 13.1 Å². The lowest BCUT2D eigenvalue weighted by atomic mass is 9.96. The van der Waals surface area contributed by atoms with Crippen molar-refractivity contribution >= 4 is 11.8 Å². The van der Waals surface area contributed by atoms with Crippen LogP contribution in [0.5, 0.6) is 5.75 Å². The Morgan fingerprint density at radius 1 is 1.33 bits per heavy atom. The van der Waals surface area contributed by atoms with Gasteiger partial charge in [-0.25, -0.2) is 0 Å². The molecule has 0 aromatic heterocycles. The molecule has 1 heterocycles. The molecule has 1 aliphatic rings. The summed E-state index contributed by atoms with van der Waals surface area (Å²) in [7, 11) is 0. The summed E-state index contributed by atoms with van der Waals surface area (Å²) in [5.74, 6) is -0.615. The van der Waals surface area contributed by atoms with E-state index >= 15 is 0 Å². The number of carbonyl (C=O) groups is 2. The normalized spacial score (nSPS) is 20.0. The molecule has 1 aromatic carbocycles. The van der Waals surface area contributed by atoms with E-state index in [9.17, 15) is 14.7 Å². The first-order valence-electron chi connectivity index (χ1n) is 7.09.